The fourth-order valence-electron chi connectivity index (χ4n) is 4.21. The summed E-state index contributed by atoms with van der Waals surface area (Å²) in [5.41, 5.74) is 3.05. The molecule has 0 saturated carbocycles. The third-order valence-electron chi connectivity index (χ3n) is 6.15. The lowest BCUT2D eigenvalue weighted by Gasteiger charge is -2.06. The molecule has 0 spiro atoms. The lowest BCUT2D eigenvalue weighted by atomic mass is 10.1. The van der Waals surface area contributed by atoms with E-state index in [4.69, 9.17) is 0 Å². The van der Waals surface area contributed by atoms with Gasteiger partial charge in [-0.25, -0.2) is 0 Å². The van der Waals surface area contributed by atoms with Gasteiger partial charge < -0.3 is 10.6 Å². The summed E-state index contributed by atoms with van der Waals surface area (Å²) in [6, 6.07) is 19.5. The van der Waals surface area contributed by atoms with E-state index in [0.29, 0.717) is 29.6 Å². The second-order valence-electron chi connectivity index (χ2n) is 9.51. The minimum atomic E-state index is -0.100. The average Bonchev–Trinajstić information content (AvgIpc) is 3.74. The molecule has 5 aromatic rings. The first-order valence-corrected chi connectivity index (χ1v) is 15.0. The van der Waals surface area contributed by atoms with Crippen LogP contribution in [-0.2, 0) is 41.8 Å². The van der Waals surface area contributed by atoms with E-state index in [1.165, 1.54) is 22.7 Å². The highest BCUT2D eigenvalue weighted by Gasteiger charge is 2.11. The molecule has 3 heterocycles. The van der Waals surface area contributed by atoms with Crippen LogP contribution in [-0.4, -0.2) is 48.4 Å². The molecule has 0 atom stereocenters. The summed E-state index contributed by atoms with van der Waals surface area (Å²) < 4.78 is 1.86. The maximum atomic E-state index is 12.6. The Morgan fingerprint density at radius 2 is 1.46 bits per heavy atom. The molecule has 2 aromatic carbocycles. The summed E-state index contributed by atoms with van der Waals surface area (Å²) in [5.74, 6) is -0.0115. The van der Waals surface area contributed by atoms with Crippen LogP contribution in [0.4, 0.5) is 10.3 Å². The maximum Gasteiger partial charge on any atom is 0.230 e. The number of hydrogen-bond acceptors (Lipinski definition) is 10. The van der Waals surface area contributed by atoms with Crippen LogP contribution in [0.5, 0.6) is 0 Å². The number of aromatic nitrogens is 6. The van der Waals surface area contributed by atoms with Crippen LogP contribution in [0, 0.1) is 0 Å². The summed E-state index contributed by atoms with van der Waals surface area (Å²) in [5, 5.41) is 29.9. The second kappa shape index (κ2) is 14.4. The van der Waals surface area contributed by atoms with E-state index in [1.807, 2.05) is 71.5 Å². The quantitative estimate of drug-likeness (QED) is 0.170. The van der Waals surface area contributed by atoms with Crippen LogP contribution in [0.15, 0.2) is 73.1 Å². The van der Waals surface area contributed by atoms with Crippen molar-refractivity contribution in [2.75, 3.05) is 17.2 Å². The third kappa shape index (κ3) is 9.12. The Morgan fingerprint density at radius 3 is 2.22 bits per heavy atom. The molecule has 0 bridgehead atoms. The van der Waals surface area contributed by atoms with Crippen molar-refractivity contribution in [3.05, 3.63) is 99.8 Å². The van der Waals surface area contributed by atoms with Crippen LogP contribution >= 0.6 is 22.7 Å². The molecule has 0 fully saturated rings. The second-order valence-corrected chi connectivity index (χ2v) is 11.6. The summed E-state index contributed by atoms with van der Waals surface area (Å²) in [7, 11) is 0. The Morgan fingerprint density at radius 1 is 0.756 bits per heavy atom. The standard InChI is InChI=1S/C29H30N8O2S2/c38-24(17-22-10-6-11-23(16-22)20-37-15-7-14-31-37)19-30-28-35-33-26(40-28)12-4-5-13-27-34-36-29(41-27)32-25(39)18-21-8-2-1-3-9-21/h1-3,6-11,14-16H,4-5,12-13,17-20H2,(H,30,35)(H,32,36,39). The van der Waals surface area contributed by atoms with Gasteiger partial charge in [0.1, 0.15) is 10.0 Å². The molecule has 2 N–H and O–H groups in total. The van der Waals surface area contributed by atoms with Gasteiger partial charge in [-0.2, -0.15) is 5.10 Å². The first-order chi connectivity index (χ1) is 20.1. The summed E-state index contributed by atoms with van der Waals surface area (Å²) in [4.78, 5) is 24.8. The SMILES string of the molecule is O=C(CNc1nnc(CCCCc2nnc(NC(=O)Cc3ccccc3)s2)s1)Cc1cccc(Cn2cccn2)c1. The highest BCUT2D eigenvalue weighted by atomic mass is 32.1. The zero-order valence-corrected chi connectivity index (χ0v) is 24.0. The van der Waals surface area contributed by atoms with Crippen LogP contribution in [0.1, 0.15) is 39.5 Å². The number of carbonyl (C=O) groups is 2. The average molecular weight is 587 g/mol. The zero-order valence-electron chi connectivity index (χ0n) is 22.4. The minimum absolute atomic E-state index is 0.0886. The van der Waals surface area contributed by atoms with Crippen molar-refractivity contribution in [2.45, 2.75) is 45.1 Å². The maximum absolute atomic E-state index is 12.6. The Labute approximate surface area is 245 Å². The Kier molecular flexibility index (Phi) is 9.90. The van der Waals surface area contributed by atoms with Gasteiger partial charge in [-0.05, 0) is 35.6 Å². The van der Waals surface area contributed by atoms with Crippen LogP contribution in [0.3, 0.4) is 0 Å². The molecule has 12 heteroatoms. The molecular formula is C29H30N8O2S2. The fourth-order valence-corrected chi connectivity index (χ4v) is 5.79. The smallest absolute Gasteiger partial charge is 0.230 e. The minimum Gasteiger partial charge on any atom is -0.353 e. The van der Waals surface area contributed by atoms with Gasteiger partial charge in [-0.15, -0.1) is 20.4 Å². The number of unbranched alkanes of at least 4 members (excludes halogenated alkanes) is 1. The van der Waals surface area contributed by atoms with E-state index in [9.17, 15) is 9.59 Å². The number of nitrogens with one attached hydrogen (secondary N) is 2. The van der Waals surface area contributed by atoms with Crippen LogP contribution in [0.2, 0.25) is 0 Å². The molecule has 0 aliphatic heterocycles. The van der Waals surface area contributed by atoms with Gasteiger partial charge in [0.15, 0.2) is 5.78 Å². The largest absolute Gasteiger partial charge is 0.353 e. The van der Waals surface area contributed by atoms with E-state index in [-0.39, 0.29) is 18.2 Å². The predicted molar refractivity (Wildman–Crippen MR) is 160 cm³/mol. The molecule has 3 aromatic heterocycles. The van der Waals surface area contributed by atoms with Crippen molar-refractivity contribution in [2.24, 2.45) is 0 Å². The number of carbonyl (C=O) groups excluding carboxylic acids is 2. The first-order valence-electron chi connectivity index (χ1n) is 13.4. The first kappa shape index (κ1) is 28.2. The molecule has 0 aliphatic rings. The number of Topliss-reactive ketones (excluding diaryl/α,β-unsaturated/α-hetero) is 1. The Balaban J connectivity index is 0.982. The van der Waals surface area contributed by atoms with Crippen molar-refractivity contribution in [1.82, 2.24) is 30.2 Å². The topological polar surface area (TPSA) is 128 Å². The van der Waals surface area contributed by atoms with Gasteiger partial charge in [-0.1, -0.05) is 77.3 Å². The van der Waals surface area contributed by atoms with Crippen LogP contribution in [0.25, 0.3) is 0 Å². The highest BCUT2D eigenvalue weighted by Crippen LogP contribution is 2.20. The van der Waals surface area contributed by atoms with Crippen molar-refractivity contribution >= 4 is 44.6 Å². The third-order valence-corrected chi connectivity index (χ3v) is 7.99. The molecule has 0 unspecified atom stereocenters. The van der Waals surface area contributed by atoms with Crippen molar-refractivity contribution in [3.8, 4) is 0 Å². The van der Waals surface area contributed by atoms with Gasteiger partial charge in [0.25, 0.3) is 0 Å². The highest BCUT2D eigenvalue weighted by molar-refractivity contribution is 7.15. The van der Waals surface area contributed by atoms with Crippen molar-refractivity contribution in [3.63, 3.8) is 0 Å². The number of benzene rings is 2. The molecule has 210 valence electrons. The Bertz CT molecular complexity index is 1550. The molecule has 10 nitrogen and oxygen atoms in total. The molecule has 41 heavy (non-hydrogen) atoms. The molecule has 0 saturated heterocycles. The van der Waals surface area contributed by atoms with E-state index in [0.717, 1.165) is 52.4 Å². The normalized spacial score (nSPS) is 10.9. The van der Waals surface area contributed by atoms with E-state index < -0.39 is 0 Å². The number of hydrogen-bond donors (Lipinski definition) is 2. The molecule has 0 radical (unpaired) electrons. The monoisotopic (exact) mass is 586 g/mol. The lowest BCUT2D eigenvalue weighted by molar-refractivity contribution is -0.117. The summed E-state index contributed by atoms with van der Waals surface area (Å²) in [6.07, 6.45) is 7.78. The van der Waals surface area contributed by atoms with Gasteiger partial charge in [0.2, 0.25) is 16.2 Å². The van der Waals surface area contributed by atoms with Crippen molar-refractivity contribution in [1.29, 1.82) is 0 Å². The van der Waals surface area contributed by atoms with Gasteiger partial charge in [-0.3, -0.25) is 14.3 Å². The number of amides is 1. The number of aryl methyl sites for hydroxylation is 2. The predicted octanol–water partition coefficient (Wildman–Crippen LogP) is 4.60. The number of anilines is 2. The van der Waals surface area contributed by atoms with Gasteiger partial charge in [0, 0.05) is 31.7 Å². The molecule has 0 aliphatic carbocycles. The summed E-state index contributed by atoms with van der Waals surface area (Å²) in [6.45, 7) is 0.884. The van der Waals surface area contributed by atoms with Crippen LogP contribution < -0.4 is 10.6 Å². The van der Waals surface area contributed by atoms with Crippen molar-refractivity contribution < 1.29 is 9.59 Å². The molecule has 5 rings (SSSR count). The van der Waals surface area contributed by atoms with Gasteiger partial charge >= 0.3 is 0 Å². The lowest BCUT2D eigenvalue weighted by Crippen LogP contribution is -2.16. The van der Waals surface area contributed by atoms with Gasteiger partial charge in [0.05, 0.1) is 19.5 Å². The fraction of sp³-hybridized carbons (Fsp3) is 0.276. The summed E-state index contributed by atoms with van der Waals surface area (Å²) >= 11 is 2.88. The Hall–Kier alpha value is -4.29. The zero-order chi connectivity index (χ0) is 28.3. The molecule has 1 amide bonds. The molecular weight excluding hydrogens is 557 g/mol. The number of rotatable bonds is 15. The van der Waals surface area contributed by atoms with E-state index >= 15 is 0 Å². The van der Waals surface area contributed by atoms with E-state index in [1.54, 1.807) is 6.20 Å². The number of ketones is 1. The number of nitrogens with zero attached hydrogens (tertiary/aromatic N) is 6. The van der Waals surface area contributed by atoms with E-state index in [2.05, 4.69) is 36.1 Å².